The van der Waals surface area contributed by atoms with Crippen LogP contribution in [-0.4, -0.2) is 52.0 Å². The summed E-state index contributed by atoms with van der Waals surface area (Å²) in [7, 11) is 3.81. The van der Waals surface area contributed by atoms with Gasteiger partial charge in [0.15, 0.2) is 5.78 Å². The van der Waals surface area contributed by atoms with E-state index < -0.39 is 0 Å². The van der Waals surface area contributed by atoms with E-state index in [0.29, 0.717) is 11.3 Å². The quantitative estimate of drug-likeness (QED) is 0.145. The zero-order chi connectivity index (χ0) is 39.7. The predicted molar refractivity (Wildman–Crippen MR) is 207 cm³/mol. The van der Waals surface area contributed by atoms with Gasteiger partial charge in [-0.3, -0.25) is 19.4 Å². The van der Waals surface area contributed by atoms with Crippen molar-refractivity contribution >= 4 is 34.8 Å². The van der Waals surface area contributed by atoms with Gasteiger partial charge in [-0.05, 0) is 46.6 Å². The molecule has 0 aliphatic heterocycles. The standard InChI is InChI=1S/C14H14N3O.C14H11N2O2.2C7H10NO.2K/c1-17(2)13-9-8-11(10-15-13)14(18)16-12-6-4-3-5-7-12;1-10(17)13-12(8-5-9-15-13)14(18)16-11-6-3-2-4-7-11;2*1-7(2,3)6-4-5-8-9-6;;/h4-10H,1-2H3,(H,16,18);3-9H,1H3,(H,16,18);2*4H,1-3H3;;/q4*-1;2*+1. The maximum Gasteiger partial charge on any atom is 1.00 e. The molecule has 282 valence electrons. The fraction of sp³-hybridized carbons (Fsp3) is 0.262. The van der Waals surface area contributed by atoms with Crippen LogP contribution in [0, 0.1) is 24.5 Å². The second kappa shape index (κ2) is 25.3. The van der Waals surface area contributed by atoms with Crippen molar-refractivity contribution in [3.05, 3.63) is 150 Å². The van der Waals surface area contributed by atoms with Gasteiger partial charge in [0.2, 0.25) is 0 Å². The first-order chi connectivity index (χ1) is 25.6. The Morgan fingerprint density at radius 1 is 0.679 bits per heavy atom. The molecule has 6 rings (SSSR count). The summed E-state index contributed by atoms with van der Waals surface area (Å²) in [6.45, 7) is 13.8. The van der Waals surface area contributed by atoms with Crippen LogP contribution in [0.25, 0.3) is 0 Å². The van der Waals surface area contributed by atoms with E-state index in [-0.39, 0.29) is 142 Å². The Morgan fingerprint density at radius 3 is 1.52 bits per heavy atom. The molecule has 0 radical (unpaired) electrons. The zero-order valence-electron chi connectivity index (χ0n) is 34.0. The van der Waals surface area contributed by atoms with Crippen LogP contribution in [0.1, 0.15) is 91.2 Å². The van der Waals surface area contributed by atoms with Crippen molar-refractivity contribution < 1.29 is 126 Å². The minimum atomic E-state index is -0.348. The molecule has 56 heavy (non-hydrogen) atoms. The molecule has 4 aromatic heterocycles. The minimum Gasteiger partial charge on any atom is -0.470 e. The topological polar surface area (TPSA) is 156 Å². The number of carbonyl (C=O) groups is 3. The number of benzene rings is 2. The summed E-state index contributed by atoms with van der Waals surface area (Å²) >= 11 is 0. The van der Waals surface area contributed by atoms with Crippen molar-refractivity contribution in [3.8, 4) is 0 Å². The Morgan fingerprint density at radius 2 is 1.16 bits per heavy atom. The molecule has 4 heterocycles. The maximum absolute atomic E-state index is 12.0. The number of nitrogens with one attached hydrogen (secondary N) is 2. The molecular formula is C42H45K2N7O5-2. The van der Waals surface area contributed by atoms with E-state index in [1.165, 1.54) is 13.1 Å². The number of aromatic nitrogens is 4. The summed E-state index contributed by atoms with van der Waals surface area (Å²) in [5, 5.41) is 12.5. The van der Waals surface area contributed by atoms with Gasteiger partial charge >= 0.3 is 103 Å². The molecule has 6 aromatic rings. The van der Waals surface area contributed by atoms with Gasteiger partial charge in [0.05, 0.1) is 11.1 Å². The van der Waals surface area contributed by atoms with Crippen molar-refractivity contribution in [2.24, 2.45) is 0 Å². The number of pyridine rings is 2. The Hall–Kier alpha value is -3.16. The van der Waals surface area contributed by atoms with Gasteiger partial charge in [-0.25, -0.2) is 15.3 Å². The number of amides is 2. The second-order valence-corrected chi connectivity index (χ2v) is 13.9. The van der Waals surface area contributed by atoms with Gasteiger partial charge in [-0.2, -0.15) is 48.5 Å². The van der Waals surface area contributed by atoms with Crippen molar-refractivity contribution in [1.82, 2.24) is 20.3 Å². The molecule has 0 bridgehead atoms. The Labute approximate surface area is 414 Å². The summed E-state index contributed by atoms with van der Waals surface area (Å²) in [5.41, 5.74) is 2.51. The molecular weight excluding hydrogens is 761 g/mol. The number of hydrogen-bond acceptors (Lipinski definition) is 10. The molecule has 2 aromatic carbocycles. The SMILES string of the molecule is CC(=O)c1ncccc1C(=O)Nc1cc[c-]cc1.CC(C)(C)c1c[c-]no1.CC(C)(C)c1c[c-]no1.CN(C)c1ccc(C(=O)Nc2cc[c-]cc2)cn1.[K+].[K+]. The molecule has 0 saturated carbocycles. The van der Waals surface area contributed by atoms with Gasteiger partial charge in [0.1, 0.15) is 11.5 Å². The van der Waals surface area contributed by atoms with Crippen LogP contribution in [-0.2, 0) is 10.8 Å². The summed E-state index contributed by atoms with van der Waals surface area (Å²) in [6.07, 6.45) is 8.30. The van der Waals surface area contributed by atoms with Crippen LogP contribution in [0.15, 0.2) is 106 Å². The number of carbonyl (C=O) groups excluding carboxylic acids is 3. The number of anilines is 3. The van der Waals surface area contributed by atoms with Gasteiger partial charge in [0, 0.05) is 33.4 Å². The van der Waals surface area contributed by atoms with Gasteiger partial charge in [-0.15, -0.1) is 36.7 Å². The Balaban J connectivity index is 0.000000387. The van der Waals surface area contributed by atoms with E-state index in [9.17, 15) is 14.4 Å². The zero-order valence-corrected chi connectivity index (χ0v) is 40.3. The Kier molecular flexibility index (Phi) is 22.9. The monoisotopic (exact) mass is 805 g/mol. The Bertz CT molecular complexity index is 1970. The van der Waals surface area contributed by atoms with Crippen molar-refractivity contribution in [3.63, 3.8) is 0 Å². The number of rotatable bonds is 6. The third-order valence-corrected chi connectivity index (χ3v) is 7.07. The maximum atomic E-state index is 12.0. The third-order valence-electron chi connectivity index (χ3n) is 7.07. The van der Waals surface area contributed by atoms with E-state index >= 15 is 0 Å². The first kappa shape index (κ1) is 50.9. The fourth-order valence-electron chi connectivity index (χ4n) is 4.08. The summed E-state index contributed by atoms with van der Waals surface area (Å²) in [4.78, 5) is 45.3. The van der Waals surface area contributed by atoms with Crippen LogP contribution in [0.5, 0.6) is 0 Å². The van der Waals surface area contributed by atoms with Crippen LogP contribution in [0.3, 0.4) is 0 Å². The van der Waals surface area contributed by atoms with Crippen LogP contribution in [0.2, 0.25) is 0 Å². The molecule has 2 amide bonds. The van der Waals surface area contributed by atoms with Gasteiger partial charge < -0.3 is 24.6 Å². The summed E-state index contributed by atoms with van der Waals surface area (Å²) in [5.74, 6) is 1.83. The molecule has 0 spiro atoms. The molecule has 12 nitrogen and oxygen atoms in total. The number of hydrogen-bond donors (Lipinski definition) is 2. The average Bonchev–Trinajstić information content (AvgIpc) is 3.90. The largest absolute Gasteiger partial charge is 1.00 e. The number of ketones is 1. The average molecular weight is 806 g/mol. The molecule has 0 unspecified atom stereocenters. The first-order valence-electron chi connectivity index (χ1n) is 16.9. The van der Waals surface area contributed by atoms with E-state index in [4.69, 9.17) is 9.05 Å². The van der Waals surface area contributed by atoms with E-state index in [1.54, 1.807) is 85.1 Å². The van der Waals surface area contributed by atoms with E-state index in [0.717, 1.165) is 23.0 Å². The number of nitrogens with zero attached hydrogens (tertiary/aromatic N) is 5. The van der Waals surface area contributed by atoms with E-state index in [2.05, 4.69) is 97.0 Å². The predicted octanol–water partition coefficient (Wildman–Crippen LogP) is 2.09. The first-order valence-corrected chi connectivity index (χ1v) is 16.9. The molecule has 2 N–H and O–H groups in total. The molecule has 0 atom stereocenters. The van der Waals surface area contributed by atoms with Gasteiger partial charge in [-0.1, -0.05) is 52.9 Å². The third kappa shape index (κ3) is 18.0. The number of Topliss-reactive ketones (excluding diaryl/α,β-unsaturated/α-hetero) is 1. The fourth-order valence-corrected chi connectivity index (χ4v) is 4.08. The van der Waals surface area contributed by atoms with Crippen molar-refractivity contribution in [2.75, 3.05) is 29.6 Å². The van der Waals surface area contributed by atoms with Crippen LogP contribution in [0.4, 0.5) is 17.2 Å². The second-order valence-electron chi connectivity index (χ2n) is 13.9. The van der Waals surface area contributed by atoms with E-state index in [1.807, 2.05) is 25.1 Å². The van der Waals surface area contributed by atoms with Gasteiger partial charge in [0.25, 0.3) is 11.8 Å². The summed E-state index contributed by atoms with van der Waals surface area (Å²) < 4.78 is 9.78. The molecule has 0 saturated heterocycles. The smallest absolute Gasteiger partial charge is 0.470 e. The minimum absolute atomic E-state index is 0. The van der Waals surface area contributed by atoms with Crippen LogP contribution >= 0.6 is 0 Å². The normalized spacial score (nSPS) is 10.2. The van der Waals surface area contributed by atoms with Crippen molar-refractivity contribution in [1.29, 1.82) is 0 Å². The molecule has 0 aliphatic carbocycles. The van der Waals surface area contributed by atoms with Crippen molar-refractivity contribution in [2.45, 2.75) is 59.3 Å². The molecule has 0 fully saturated rings. The summed E-state index contributed by atoms with van der Waals surface area (Å²) in [6, 6.07) is 30.0. The molecule has 14 heteroatoms. The molecule has 0 aliphatic rings. The van der Waals surface area contributed by atoms with Crippen LogP contribution < -0.4 is 118 Å².